The van der Waals surface area contributed by atoms with Gasteiger partial charge in [-0.1, -0.05) is 0 Å². The molecule has 0 amide bonds. The first-order valence-corrected chi connectivity index (χ1v) is 3.96. The number of aromatic nitrogens is 1. The molecule has 0 saturated carbocycles. The van der Waals surface area contributed by atoms with E-state index in [1.54, 1.807) is 7.11 Å². The minimum Gasteiger partial charge on any atom is -0.491 e. The summed E-state index contributed by atoms with van der Waals surface area (Å²) >= 11 is 0. The van der Waals surface area contributed by atoms with Gasteiger partial charge in [-0.15, -0.1) is 0 Å². The lowest BCUT2D eigenvalue weighted by atomic mass is 10.2. The van der Waals surface area contributed by atoms with Crippen LogP contribution >= 0.6 is 0 Å². The molecule has 68 valence electrons. The predicted molar refractivity (Wildman–Crippen MR) is 43.0 cm³/mol. The number of ether oxygens (including phenoxy) is 1. The van der Waals surface area contributed by atoms with E-state index in [2.05, 4.69) is 5.16 Å². The van der Waals surface area contributed by atoms with Gasteiger partial charge in [-0.25, -0.2) is 0 Å². The first-order chi connectivity index (χ1) is 5.83. The van der Waals surface area contributed by atoms with Crippen LogP contribution in [0.5, 0.6) is 5.88 Å². The van der Waals surface area contributed by atoms with Gasteiger partial charge in [0.15, 0.2) is 0 Å². The Labute approximate surface area is 71.1 Å². The summed E-state index contributed by atoms with van der Waals surface area (Å²) in [6.07, 6.45) is 2.79. The Morgan fingerprint density at radius 1 is 1.58 bits per heavy atom. The van der Waals surface area contributed by atoms with E-state index in [9.17, 15) is 0 Å². The maximum atomic E-state index is 8.83. The summed E-state index contributed by atoms with van der Waals surface area (Å²) < 4.78 is 9.69. The molecule has 0 atom stereocenters. The van der Waals surface area contributed by atoms with Gasteiger partial charge >= 0.3 is 0 Å². The van der Waals surface area contributed by atoms with Crippen molar-refractivity contribution in [2.45, 2.75) is 19.3 Å². The fourth-order valence-corrected chi connectivity index (χ4v) is 0.966. The predicted octanol–water partition coefficient (Wildman–Crippen LogP) is 1.35. The number of nitrogens with zero attached hydrogens (tertiary/aromatic N) is 1. The number of methoxy groups -OCH3 is 1. The second-order valence-electron chi connectivity index (χ2n) is 2.60. The van der Waals surface area contributed by atoms with Crippen LogP contribution in [0.3, 0.4) is 0 Å². The third-order valence-corrected chi connectivity index (χ3v) is 1.57. The van der Waals surface area contributed by atoms with Gasteiger partial charge in [0, 0.05) is 26.2 Å². The molecule has 0 aliphatic rings. The fourth-order valence-electron chi connectivity index (χ4n) is 0.966. The highest BCUT2D eigenvalue weighted by molar-refractivity contribution is 5.08. The summed E-state index contributed by atoms with van der Waals surface area (Å²) in [5.74, 6) is 0.681. The molecule has 0 saturated heterocycles. The quantitative estimate of drug-likeness (QED) is 0.679. The summed E-state index contributed by atoms with van der Waals surface area (Å²) in [6.45, 7) is 0.764. The summed E-state index contributed by atoms with van der Waals surface area (Å²) in [5.41, 5.74) is 0. The maximum Gasteiger partial charge on any atom is 0.251 e. The van der Waals surface area contributed by atoms with E-state index in [-0.39, 0.29) is 5.88 Å². The van der Waals surface area contributed by atoms with Gasteiger partial charge in [0.1, 0.15) is 5.76 Å². The van der Waals surface area contributed by atoms with Crippen LogP contribution in [-0.4, -0.2) is 24.0 Å². The Kier molecular flexibility index (Phi) is 3.60. The molecule has 0 spiro atoms. The summed E-state index contributed by atoms with van der Waals surface area (Å²) in [4.78, 5) is 0. The van der Waals surface area contributed by atoms with E-state index < -0.39 is 0 Å². The van der Waals surface area contributed by atoms with Crippen molar-refractivity contribution in [1.29, 1.82) is 0 Å². The molecule has 0 aliphatic heterocycles. The molecule has 1 rings (SSSR count). The molecule has 0 fully saturated rings. The minimum atomic E-state index is -0.0447. The van der Waals surface area contributed by atoms with E-state index >= 15 is 0 Å². The van der Waals surface area contributed by atoms with Crippen LogP contribution in [0.2, 0.25) is 0 Å². The average Bonchev–Trinajstić information content (AvgIpc) is 2.45. The van der Waals surface area contributed by atoms with Crippen LogP contribution in [0, 0.1) is 0 Å². The molecule has 1 heterocycles. The molecule has 0 unspecified atom stereocenters. The molecular formula is C8H13NO3. The zero-order chi connectivity index (χ0) is 8.81. The van der Waals surface area contributed by atoms with Crippen molar-refractivity contribution in [3.8, 4) is 5.88 Å². The van der Waals surface area contributed by atoms with Crippen LogP contribution in [0.15, 0.2) is 10.6 Å². The van der Waals surface area contributed by atoms with Crippen LogP contribution in [-0.2, 0) is 11.2 Å². The van der Waals surface area contributed by atoms with Crippen LogP contribution < -0.4 is 0 Å². The lowest BCUT2D eigenvalue weighted by molar-refractivity contribution is 0.192. The molecule has 4 nitrogen and oxygen atoms in total. The van der Waals surface area contributed by atoms with Gasteiger partial charge in [-0.05, 0) is 18.0 Å². The van der Waals surface area contributed by atoms with Gasteiger partial charge in [0.05, 0.1) is 0 Å². The highest BCUT2D eigenvalue weighted by Gasteiger charge is 2.00. The highest BCUT2D eigenvalue weighted by atomic mass is 16.5. The van der Waals surface area contributed by atoms with Crippen molar-refractivity contribution in [1.82, 2.24) is 5.16 Å². The fraction of sp³-hybridized carbons (Fsp3) is 0.625. The van der Waals surface area contributed by atoms with Gasteiger partial charge in [0.25, 0.3) is 5.88 Å². The van der Waals surface area contributed by atoms with Gasteiger partial charge in [-0.3, -0.25) is 0 Å². The largest absolute Gasteiger partial charge is 0.491 e. The van der Waals surface area contributed by atoms with E-state index in [4.69, 9.17) is 14.4 Å². The van der Waals surface area contributed by atoms with E-state index in [0.717, 1.165) is 31.6 Å². The molecule has 0 aliphatic carbocycles. The van der Waals surface area contributed by atoms with Gasteiger partial charge in [0.2, 0.25) is 0 Å². The average molecular weight is 171 g/mol. The van der Waals surface area contributed by atoms with Crippen LogP contribution in [0.4, 0.5) is 0 Å². The van der Waals surface area contributed by atoms with Crippen molar-refractivity contribution in [3.63, 3.8) is 0 Å². The molecule has 4 heteroatoms. The van der Waals surface area contributed by atoms with E-state index in [0.29, 0.717) is 0 Å². The Balaban J connectivity index is 2.15. The smallest absolute Gasteiger partial charge is 0.251 e. The number of hydrogen-bond acceptors (Lipinski definition) is 4. The van der Waals surface area contributed by atoms with Crippen molar-refractivity contribution in [2.75, 3.05) is 13.7 Å². The lowest BCUT2D eigenvalue weighted by Gasteiger charge is -1.95. The second kappa shape index (κ2) is 4.77. The number of rotatable bonds is 5. The van der Waals surface area contributed by atoms with Crippen molar-refractivity contribution in [2.24, 2.45) is 0 Å². The number of unbranched alkanes of at least 4 members (excludes halogenated alkanes) is 1. The van der Waals surface area contributed by atoms with Crippen molar-refractivity contribution < 1.29 is 14.4 Å². The monoisotopic (exact) mass is 171 g/mol. The highest BCUT2D eigenvalue weighted by Crippen LogP contribution is 2.11. The van der Waals surface area contributed by atoms with Crippen molar-refractivity contribution >= 4 is 0 Å². The SMILES string of the molecule is COCCCCc1cc(O)no1. The Bertz CT molecular complexity index is 222. The molecule has 1 aromatic heterocycles. The Morgan fingerprint density at radius 3 is 3.00 bits per heavy atom. The Morgan fingerprint density at radius 2 is 2.42 bits per heavy atom. The molecule has 0 aromatic carbocycles. The third kappa shape index (κ3) is 2.92. The molecule has 0 radical (unpaired) electrons. The van der Waals surface area contributed by atoms with E-state index in [1.165, 1.54) is 6.07 Å². The van der Waals surface area contributed by atoms with Gasteiger partial charge in [-0.2, -0.15) is 0 Å². The number of hydrogen-bond donors (Lipinski definition) is 1. The molecule has 1 N–H and O–H groups in total. The maximum absolute atomic E-state index is 8.83. The number of aromatic hydroxyl groups is 1. The standard InChI is InChI=1S/C8H13NO3/c1-11-5-3-2-4-7-6-8(10)9-12-7/h6H,2-5H2,1H3,(H,9,10). The van der Waals surface area contributed by atoms with Crippen LogP contribution in [0.25, 0.3) is 0 Å². The topological polar surface area (TPSA) is 55.5 Å². The summed E-state index contributed by atoms with van der Waals surface area (Å²) in [7, 11) is 1.68. The Hall–Kier alpha value is -1.03. The van der Waals surface area contributed by atoms with Gasteiger partial charge < -0.3 is 14.4 Å². The third-order valence-electron chi connectivity index (χ3n) is 1.57. The zero-order valence-corrected chi connectivity index (χ0v) is 7.12. The molecule has 12 heavy (non-hydrogen) atoms. The lowest BCUT2D eigenvalue weighted by Crippen LogP contribution is -1.89. The summed E-state index contributed by atoms with van der Waals surface area (Å²) in [5, 5.41) is 12.2. The molecule has 1 aromatic rings. The first kappa shape index (κ1) is 9.06. The number of aryl methyl sites for hydroxylation is 1. The minimum absolute atomic E-state index is 0.0447. The first-order valence-electron chi connectivity index (χ1n) is 3.96. The molecule has 0 bridgehead atoms. The summed E-state index contributed by atoms with van der Waals surface area (Å²) in [6, 6.07) is 1.53. The van der Waals surface area contributed by atoms with Crippen LogP contribution in [0.1, 0.15) is 18.6 Å². The normalized spacial score (nSPS) is 10.4. The molecular weight excluding hydrogens is 158 g/mol. The second-order valence-corrected chi connectivity index (χ2v) is 2.60. The van der Waals surface area contributed by atoms with Crippen molar-refractivity contribution in [3.05, 3.63) is 11.8 Å². The van der Waals surface area contributed by atoms with E-state index in [1.807, 2.05) is 0 Å². The zero-order valence-electron chi connectivity index (χ0n) is 7.12.